The third-order valence-corrected chi connectivity index (χ3v) is 6.40. The van der Waals surface area contributed by atoms with Gasteiger partial charge in [0.05, 0.1) is 18.8 Å². The predicted molar refractivity (Wildman–Crippen MR) is 136 cm³/mol. The molecule has 0 bridgehead atoms. The van der Waals surface area contributed by atoms with Gasteiger partial charge in [-0.05, 0) is 36.4 Å². The molecule has 0 aliphatic carbocycles. The van der Waals surface area contributed by atoms with Gasteiger partial charge in [0, 0.05) is 29.9 Å². The van der Waals surface area contributed by atoms with Crippen LogP contribution in [0.5, 0.6) is 0 Å². The van der Waals surface area contributed by atoms with Crippen molar-refractivity contribution in [3.05, 3.63) is 75.9 Å². The van der Waals surface area contributed by atoms with Crippen molar-refractivity contribution in [2.24, 2.45) is 0 Å². The molecule has 0 radical (unpaired) electrons. The quantitative estimate of drug-likeness (QED) is 0.321. The molecule has 1 atom stereocenters. The maximum Gasteiger partial charge on any atom is 0.416 e. The average molecular weight is 592 g/mol. The first-order chi connectivity index (χ1) is 19.5. The third kappa shape index (κ3) is 5.97. The van der Waals surface area contributed by atoms with Gasteiger partial charge < -0.3 is 15.3 Å². The molecule has 41 heavy (non-hydrogen) atoms. The van der Waals surface area contributed by atoms with Crippen LogP contribution in [0.2, 0.25) is 5.02 Å². The molecule has 214 valence electrons. The van der Waals surface area contributed by atoms with Gasteiger partial charge in [0.15, 0.2) is 23.4 Å². The average Bonchev–Trinajstić information content (AvgIpc) is 3.53. The van der Waals surface area contributed by atoms with Crippen molar-refractivity contribution in [1.82, 2.24) is 44.3 Å². The molecule has 5 rings (SSSR count). The van der Waals surface area contributed by atoms with E-state index in [1.54, 1.807) is 12.1 Å². The molecular formula is C24H21ClF3N9O4. The zero-order valence-electron chi connectivity index (χ0n) is 21.0. The molecule has 0 spiro atoms. The Morgan fingerprint density at radius 1 is 1.12 bits per heavy atom. The first-order valence-corrected chi connectivity index (χ1v) is 12.5. The Morgan fingerprint density at radius 2 is 1.88 bits per heavy atom. The van der Waals surface area contributed by atoms with E-state index in [1.807, 2.05) is 0 Å². The number of alkyl halides is 3. The number of carbonyl (C=O) groups excluding carboxylic acids is 2. The lowest BCUT2D eigenvalue weighted by Gasteiger charge is -2.26. The second-order valence-electron chi connectivity index (χ2n) is 8.99. The van der Waals surface area contributed by atoms with E-state index in [1.165, 1.54) is 46.4 Å². The van der Waals surface area contributed by atoms with E-state index < -0.39 is 30.4 Å². The van der Waals surface area contributed by atoms with E-state index in [-0.39, 0.29) is 42.0 Å². The third-order valence-electron chi connectivity index (χ3n) is 6.15. The lowest BCUT2D eigenvalue weighted by Crippen LogP contribution is -2.50. The smallest absolute Gasteiger partial charge is 0.382 e. The number of hydrogen-bond donors (Lipinski definition) is 2. The number of amides is 2. The fourth-order valence-electron chi connectivity index (χ4n) is 4.13. The van der Waals surface area contributed by atoms with Crippen molar-refractivity contribution >= 4 is 23.4 Å². The number of hydrogen-bond acceptors (Lipinski definition) is 8. The number of piperazine rings is 1. The summed E-state index contributed by atoms with van der Waals surface area (Å²) in [4.78, 5) is 47.6. The van der Waals surface area contributed by atoms with Crippen LogP contribution in [0.4, 0.5) is 13.2 Å². The number of aliphatic hydroxyl groups is 1. The maximum absolute atomic E-state index is 13.1. The molecule has 13 nitrogen and oxygen atoms in total. The molecular weight excluding hydrogens is 571 g/mol. The first-order valence-electron chi connectivity index (χ1n) is 12.1. The molecule has 1 aliphatic heterocycles. The fourth-order valence-corrected chi connectivity index (χ4v) is 4.25. The van der Waals surface area contributed by atoms with Crippen molar-refractivity contribution < 1.29 is 27.9 Å². The van der Waals surface area contributed by atoms with E-state index >= 15 is 0 Å². The minimum Gasteiger partial charge on any atom is -0.382 e. The van der Waals surface area contributed by atoms with Crippen molar-refractivity contribution in [1.29, 1.82) is 0 Å². The summed E-state index contributed by atoms with van der Waals surface area (Å²) in [6.07, 6.45) is -5.08. The number of benzene rings is 1. The van der Waals surface area contributed by atoms with Crippen molar-refractivity contribution in [2.45, 2.75) is 25.4 Å². The lowest BCUT2D eigenvalue weighted by atomic mass is 10.2. The molecule has 1 aromatic carbocycles. The summed E-state index contributed by atoms with van der Waals surface area (Å²) in [7, 11) is 0. The Labute approximate surface area is 233 Å². The van der Waals surface area contributed by atoms with Crippen LogP contribution in [0, 0.1) is 0 Å². The van der Waals surface area contributed by atoms with Crippen molar-refractivity contribution in [3.8, 4) is 17.1 Å². The summed E-state index contributed by atoms with van der Waals surface area (Å²) in [6.45, 7) is -0.940. The number of nitrogens with zero attached hydrogens (tertiary/aromatic N) is 8. The SMILES string of the molecule is O=C1CN(C(=O)c2ncccc2-n2cnc(Cn3nc(-c4ccc(Cl)cc4)n(CC(O)C(F)(F)F)c3=O)n2)CCN1. The van der Waals surface area contributed by atoms with Gasteiger partial charge >= 0.3 is 11.9 Å². The second-order valence-corrected chi connectivity index (χ2v) is 9.43. The minimum atomic E-state index is -4.96. The van der Waals surface area contributed by atoms with Gasteiger partial charge in [-0.1, -0.05) is 11.6 Å². The van der Waals surface area contributed by atoms with E-state index in [2.05, 4.69) is 25.5 Å². The van der Waals surface area contributed by atoms with E-state index in [0.29, 0.717) is 28.2 Å². The molecule has 0 saturated carbocycles. The maximum atomic E-state index is 13.1. The number of aromatic nitrogens is 7. The highest BCUT2D eigenvalue weighted by Gasteiger charge is 2.39. The predicted octanol–water partition coefficient (Wildman–Crippen LogP) is 0.884. The van der Waals surface area contributed by atoms with Crippen LogP contribution in [0.1, 0.15) is 16.3 Å². The Bertz CT molecular complexity index is 1650. The summed E-state index contributed by atoms with van der Waals surface area (Å²) in [6, 6.07) is 9.07. The monoisotopic (exact) mass is 591 g/mol. The van der Waals surface area contributed by atoms with Gasteiger partial charge in [-0.3, -0.25) is 14.2 Å². The van der Waals surface area contributed by atoms with Crippen molar-refractivity contribution in [3.63, 3.8) is 0 Å². The standard InChI is InChI=1S/C24H21ClF3N9O4/c25-15-5-3-14(4-6-15)21-33-36(23(41)35(21)10-17(38)24(26,27)28)11-18-31-13-37(32-18)16-2-1-7-30-20(16)22(40)34-9-8-29-19(39)12-34/h1-7,13,17,38H,8-12H2,(H,29,39). The van der Waals surface area contributed by atoms with E-state index in [9.17, 15) is 32.7 Å². The van der Waals surface area contributed by atoms with Gasteiger partial charge in [-0.25, -0.2) is 24.1 Å². The molecule has 1 aliphatic rings. The number of carbonyl (C=O) groups is 2. The highest BCUT2D eigenvalue weighted by Crippen LogP contribution is 2.24. The minimum absolute atomic E-state index is 0.0197. The number of pyridine rings is 1. The molecule has 1 fully saturated rings. The normalized spacial score (nSPS) is 14.7. The zero-order valence-corrected chi connectivity index (χ0v) is 21.7. The summed E-state index contributed by atoms with van der Waals surface area (Å²) in [5.41, 5.74) is -0.361. The molecule has 4 heterocycles. The van der Waals surface area contributed by atoms with Crippen LogP contribution < -0.4 is 11.0 Å². The van der Waals surface area contributed by atoms with Gasteiger partial charge in [-0.15, -0.1) is 10.2 Å². The van der Waals surface area contributed by atoms with Crippen LogP contribution >= 0.6 is 11.6 Å². The zero-order chi connectivity index (χ0) is 29.3. The summed E-state index contributed by atoms with van der Waals surface area (Å²) in [5.74, 6) is -0.857. The topological polar surface area (TPSA) is 153 Å². The molecule has 4 aromatic rings. The number of halogens is 4. The lowest BCUT2D eigenvalue weighted by molar-refractivity contribution is -0.207. The van der Waals surface area contributed by atoms with Gasteiger partial charge in [0.1, 0.15) is 12.9 Å². The fraction of sp³-hybridized carbons (Fsp3) is 0.292. The van der Waals surface area contributed by atoms with Crippen LogP contribution in [-0.2, 0) is 17.9 Å². The Balaban J connectivity index is 1.45. The van der Waals surface area contributed by atoms with Crippen molar-refractivity contribution in [2.75, 3.05) is 19.6 Å². The van der Waals surface area contributed by atoms with Gasteiger partial charge in [-0.2, -0.15) is 13.2 Å². The summed E-state index contributed by atoms with van der Waals surface area (Å²) >= 11 is 5.91. The largest absolute Gasteiger partial charge is 0.416 e. The van der Waals surface area contributed by atoms with E-state index in [4.69, 9.17) is 11.6 Å². The molecule has 1 unspecified atom stereocenters. The van der Waals surface area contributed by atoms with Gasteiger partial charge in [0.2, 0.25) is 5.91 Å². The van der Waals surface area contributed by atoms with Crippen LogP contribution in [0.25, 0.3) is 17.1 Å². The van der Waals surface area contributed by atoms with Crippen LogP contribution in [0.15, 0.2) is 53.7 Å². The van der Waals surface area contributed by atoms with Gasteiger partial charge in [0.25, 0.3) is 5.91 Å². The number of nitrogens with one attached hydrogen (secondary N) is 1. The highest BCUT2D eigenvalue weighted by atomic mass is 35.5. The van der Waals surface area contributed by atoms with Crippen LogP contribution in [0.3, 0.4) is 0 Å². The van der Waals surface area contributed by atoms with Crippen LogP contribution in [-0.4, -0.2) is 87.8 Å². The van der Waals surface area contributed by atoms with E-state index in [0.717, 1.165) is 4.68 Å². The molecule has 2 N–H and O–H groups in total. The Morgan fingerprint density at radius 3 is 2.59 bits per heavy atom. The molecule has 1 saturated heterocycles. The molecule has 17 heteroatoms. The number of rotatable bonds is 7. The highest BCUT2D eigenvalue weighted by molar-refractivity contribution is 6.30. The Hall–Kier alpha value is -4.57. The number of aliphatic hydroxyl groups excluding tert-OH is 1. The Kier molecular flexibility index (Phi) is 7.59. The summed E-state index contributed by atoms with van der Waals surface area (Å²) < 4.78 is 42.2. The molecule has 2 amide bonds. The second kappa shape index (κ2) is 11.1. The first kappa shape index (κ1) is 28.0. The summed E-state index contributed by atoms with van der Waals surface area (Å²) in [5, 5.41) is 21.1. The molecule has 3 aromatic heterocycles.